The monoisotopic (exact) mass is 328 g/mol. The van der Waals surface area contributed by atoms with E-state index in [1.807, 2.05) is 13.8 Å². The van der Waals surface area contributed by atoms with Crippen molar-refractivity contribution in [3.8, 4) is 0 Å². The van der Waals surface area contributed by atoms with Gasteiger partial charge in [0, 0.05) is 0 Å². The van der Waals surface area contributed by atoms with Crippen molar-refractivity contribution in [1.29, 1.82) is 0 Å². The summed E-state index contributed by atoms with van der Waals surface area (Å²) in [6.45, 7) is 6.96. The van der Waals surface area contributed by atoms with E-state index in [2.05, 4.69) is 10.6 Å². The van der Waals surface area contributed by atoms with Gasteiger partial charge in [-0.25, -0.2) is 4.79 Å². The Hall–Kier alpha value is -2.12. The minimum absolute atomic E-state index is 0.0441. The molecule has 0 radical (unpaired) electrons. The number of hydrogen-bond acceptors (Lipinski definition) is 5. The highest BCUT2D eigenvalue weighted by atomic mass is 16.6. The Morgan fingerprint density at radius 3 is 2.09 bits per heavy atom. The Labute approximate surface area is 134 Å². The van der Waals surface area contributed by atoms with Gasteiger partial charge >= 0.3 is 11.9 Å². The highest BCUT2D eigenvalue weighted by Gasteiger charge is 2.49. The maximum Gasteiger partial charge on any atom is 0.326 e. The van der Waals surface area contributed by atoms with Gasteiger partial charge < -0.3 is 20.5 Å². The number of rotatable bonds is 8. The van der Waals surface area contributed by atoms with Crippen molar-refractivity contribution in [3.63, 3.8) is 0 Å². The van der Waals surface area contributed by atoms with E-state index in [-0.39, 0.29) is 12.3 Å². The predicted molar refractivity (Wildman–Crippen MR) is 80.3 cm³/mol. The Kier molecular flexibility index (Phi) is 6.53. The molecule has 8 heteroatoms. The molecule has 1 aliphatic heterocycles. The van der Waals surface area contributed by atoms with Crippen LogP contribution in [-0.2, 0) is 23.9 Å². The number of carbonyl (C=O) groups is 4. The van der Waals surface area contributed by atoms with E-state index < -0.39 is 47.9 Å². The average molecular weight is 328 g/mol. The SMILES string of the molecule is CC[C@H](NC(=O)[C@H](CC)NC(=O)[C@@H]1OC(=O)[C@H]1C(C)C)C(=O)O. The zero-order chi connectivity index (χ0) is 17.7. The summed E-state index contributed by atoms with van der Waals surface area (Å²) in [6.07, 6.45) is -0.368. The lowest BCUT2D eigenvalue weighted by Gasteiger charge is -2.36. The molecule has 0 saturated carbocycles. The molecule has 0 unspecified atom stereocenters. The van der Waals surface area contributed by atoms with Gasteiger partial charge in [-0.15, -0.1) is 0 Å². The first kappa shape index (κ1) is 18.9. The van der Waals surface area contributed by atoms with Gasteiger partial charge in [0.1, 0.15) is 18.0 Å². The van der Waals surface area contributed by atoms with Gasteiger partial charge in [-0.05, 0) is 18.8 Å². The molecule has 0 aromatic rings. The van der Waals surface area contributed by atoms with Crippen molar-refractivity contribution in [2.24, 2.45) is 11.8 Å². The molecule has 8 nitrogen and oxygen atoms in total. The van der Waals surface area contributed by atoms with E-state index in [9.17, 15) is 19.2 Å². The summed E-state index contributed by atoms with van der Waals surface area (Å²) in [5.41, 5.74) is 0. The zero-order valence-electron chi connectivity index (χ0n) is 13.8. The van der Waals surface area contributed by atoms with Gasteiger partial charge in [0.2, 0.25) is 5.91 Å². The van der Waals surface area contributed by atoms with Gasteiger partial charge in [-0.1, -0.05) is 27.7 Å². The number of cyclic esters (lactones) is 1. The van der Waals surface area contributed by atoms with E-state index >= 15 is 0 Å². The standard InChI is InChI=1S/C15H24N2O6/c1-5-8(12(18)17-9(6-2)14(20)21)16-13(19)11-10(7(3)4)15(22)23-11/h7-11H,5-6H2,1-4H3,(H,16,19)(H,17,18)(H,20,21)/t8-,9-,10-,11+/m0/s1. The van der Waals surface area contributed by atoms with Crippen molar-refractivity contribution in [2.45, 2.75) is 58.7 Å². The fraction of sp³-hybridized carbons (Fsp3) is 0.733. The number of carboxylic acids is 1. The van der Waals surface area contributed by atoms with Crippen LogP contribution in [-0.4, -0.2) is 47.0 Å². The molecule has 3 N–H and O–H groups in total. The normalized spacial score (nSPS) is 22.6. The molecule has 0 aromatic heterocycles. The molecule has 1 heterocycles. The summed E-state index contributed by atoms with van der Waals surface area (Å²) in [7, 11) is 0. The average Bonchev–Trinajstić information content (AvgIpc) is 2.45. The number of ether oxygens (including phenoxy) is 1. The highest BCUT2D eigenvalue weighted by Crippen LogP contribution is 2.29. The lowest BCUT2D eigenvalue weighted by Crippen LogP contribution is -2.59. The predicted octanol–water partition coefficient (Wildman–Crippen LogP) is 0.0582. The Bertz CT molecular complexity index is 490. The molecule has 1 saturated heterocycles. The van der Waals surface area contributed by atoms with Crippen LogP contribution in [0.25, 0.3) is 0 Å². The number of esters is 1. The first-order chi connectivity index (χ1) is 10.7. The topological polar surface area (TPSA) is 122 Å². The minimum Gasteiger partial charge on any atom is -0.480 e. The number of hydrogen-bond donors (Lipinski definition) is 3. The lowest BCUT2D eigenvalue weighted by atomic mass is 9.85. The third-order valence-electron chi connectivity index (χ3n) is 3.88. The molecule has 130 valence electrons. The number of amides is 2. The summed E-state index contributed by atoms with van der Waals surface area (Å²) in [5.74, 6) is -3.21. The second-order valence-corrected chi connectivity index (χ2v) is 5.90. The second-order valence-electron chi connectivity index (χ2n) is 5.90. The van der Waals surface area contributed by atoms with E-state index in [0.29, 0.717) is 6.42 Å². The van der Waals surface area contributed by atoms with Crippen LogP contribution < -0.4 is 10.6 Å². The maximum atomic E-state index is 12.2. The van der Waals surface area contributed by atoms with Crippen LogP contribution in [0.2, 0.25) is 0 Å². The number of nitrogens with one attached hydrogen (secondary N) is 2. The van der Waals surface area contributed by atoms with Gasteiger partial charge in [0.25, 0.3) is 5.91 Å². The largest absolute Gasteiger partial charge is 0.480 e. The maximum absolute atomic E-state index is 12.2. The summed E-state index contributed by atoms with van der Waals surface area (Å²) in [4.78, 5) is 46.6. The van der Waals surface area contributed by atoms with Crippen LogP contribution in [0.5, 0.6) is 0 Å². The van der Waals surface area contributed by atoms with Gasteiger partial charge in [0.05, 0.1) is 0 Å². The van der Waals surface area contributed by atoms with Crippen LogP contribution >= 0.6 is 0 Å². The summed E-state index contributed by atoms with van der Waals surface area (Å²) in [5, 5.41) is 13.9. The molecule has 1 rings (SSSR count). The van der Waals surface area contributed by atoms with Crippen LogP contribution in [0.4, 0.5) is 0 Å². The molecule has 0 bridgehead atoms. The summed E-state index contributed by atoms with van der Waals surface area (Å²) < 4.78 is 4.86. The molecule has 0 aliphatic carbocycles. The van der Waals surface area contributed by atoms with Crippen LogP contribution in [0.1, 0.15) is 40.5 Å². The van der Waals surface area contributed by atoms with Crippen LogP contribution in [0, 0.1) is 11.8 Å². The highest BCUT2D eigenvalue weighted by molar-refractivity contribution is 5.97. The fourth-order valence-electron chi connectivity index (χ4n) is 2.38. The quantitative estimate of drug-likeness (QED) is 0.542. The summed E-state index contributed by atoms with van der Waals surface area (Å²) >= 11 is 0. The van der Waals surface area contributed by atoms with E-state index in [0.717, 1.165) is 0 Å². The van der Waals surface area contributed by atoms with Crippen molar-refractivity contribution >= 4 is 23.8 Å². The molecule has 0 spiro atoms. The third kappa shape index (κ3) is 4.43. The first-order valence-corrected chi connectivity index (χ1v) is 7.76. The molecule has 2 amide bonds. The minimum atomic E-state index is -1.13. The van der Waals surface area contributed by atoms with Gasteiger partial charge in [0.15, 0.2) is 6.10 Å². The molecule has 1 fully saturated rings. The molecular weight excluding hydrogens is 304 g/mol. The first-order valence-electron chi connectivity index (χ1n) is 7.76. The zero-order valence-corrected chi connectivity index (χ0v) is 13.8. The van der Waals surface area contributed by atoms with E-state index in [1.54, 1.807) is 13.8 Å². The molecule has 23 heavy (non-hydrogen) atoms. The second kappa shape index (κ2) is 7.94. The smallest absolute Gasteiger partial charge is 0.326 e. The van der Waals surface area contributed by atoms with Gasteiger partial charge in [-0.2, -0.15) is 0 Å². The van der Waals surface area contributed by atoms with E-state index in [1.165, 1.54) is 0 Å². The van der Waals surface area contributed by atoms with E-state index in [4.69, 9.17) is 9.84 Å². The Balaban J connectivity index is 2.65. The molecule has 0 aromatic carbocycles. The summed E-state index contributed by atoms with van der Waals surface area (Å²) in [6, 6.07) is -1.87. The fourth-order valence-corrected chi connectivity index (χ4v) is 2.38. The molecular formula is C15H24N2O6. The lowest BCUT2D eigenvalue weighted by molar-refractivity contribution is -0.192. The molecule has 1 aliphatic rings. The van der Waals surface area contributed by atoms with Crippen molar-refractivity contribution < 1.29 is 29.0 Å². The van der Waals surface area contributed by atoms with Crippen LogP contribution in [0.3, 0.4) is 0 Å². The molecule has 4 atom stereocenters. The van der Waals surface area contributed by atoms with Crippen molar-refractivity contribution in [1.82, 2.24) is 10.6 Å². The van der Waals surface area contributed by atoms with Crippen LogP contribution in [0.15, 0.2) is 0 Å². The number of aliphatic carboxylic acids is 1. The number of carboxylic acid groups (broad SMARTS) is 1. The van der Waals surface area contributed by atoms with Gasteiger partial charge in [-0.3, -0.25) is 14.4 Å². The Morgan fingerprint density at radius 1 is 1.13 bits per heavy atom. The Morgan fingerprint density at radius 2 is 1.70 bits per heavy atom. The van der Waals surface area contributed by atoms with Crippen molar-refractivity contribution in [2.75, 3.05) is 0 Å². The number of carbonyl (C=O) groups excluding carboxylic acids is 3. The third-order valence-corrected chi connectivity index (χ3v) is 3.88. The van der Waals surface area contributed by atoms with Crippen molar-refractivity contribution in [3.05, 3.63) is 0 Å².